The van der Waals surface area contributed by atoms with Crippen molar-refractivity contribution in [3.05, 3.63) is 18.0 Å². The summed E-state index contributed by atoms with van der Waals surface area (Å²) in [6, 6.07) is 1.92. The van der Waals surface area contributed by atoms with Gasteiger partial charge in [-0.1, -0.05) is 5.16 Å². The third kappa shape index (κ3) is 2.85. The third-order valence-corrected chi connectivity index (χ3v) is 3.30. The first-order valence-corrected chi connectivity index (χ1v) is 6.13. The lowest BCUT2D eigenvalue weighted by Crippen LogP contribution is -2.52. The van der Waals surface area contributed by atoms with Crippen LogP contribution in [-0.2, 0) is 11.2 Å². The number of hydrogen-bond acceptors (Lipinski definition) is 4. The smallest absolute Gasteiger partial charge is 0.229 e. The van der Waals surface area contributed by atoms with E-state index >= 15 is 0 Å². The van der Waals surface area contributed by atoms with Crippen molar-refractivity contribution in [1.82, 2.24) is 10.1 Å². The van der Waals surface area contributed by atoms with E-state index in [0.717, 1.165) is 25.8 Å². The summed E-state index contributed by atoms with van der Waals surface area (Å²) in [6.45, 7) is 2.77. The van der Waals surface area contributed by atoms with Crippen molar-refractivity contribution in [2.45, 2.75) is 44.7 Å². The second kappa shape index (κ2) is 5.31. The molecule has 1 saturated heterocycles. The number of nitrogens with two attached hydrogens (primary N) is 1. The van der Waals surface area contributed by atoms with Gasteiger partial charge in [-0.3, -0.25) is 4.79 Å². The maximum atomic E-state index is 12.2. The Kier molecular flexibility index (Phi) is 3.78. The summed E-state index contributed by atoms with van der Waals surface area (Å²) in [7, 11) is 0. The highest BCUT2D eigenvalue weighted by Crippen LogP contribution is 2.20. The average Bonchev–Trinajstić information content (AvgIpc) is 2.81. The summed E-state index contributed by atoms with van der Waals surface area (Å²) in [5.74, 6) is 0.0981. The van der Waals surface area contributed by atoms with Gasteiger partial charge in [0.1, 0.15) is 6.26 Å². The molecule has 1 fully saturated rings. The molecule has 2 heterocycles. The minimum atomic E-state index is 0.0246. The number of nitrogens with zero attached hydrogens (tertiary/aromatic N) is 2. The van der Waals surface area contributed by atoms with Crippen LogP contribution in [0.3, 0.4) is 0 Å². The van der Waals surface area contributed by atoms with Crippen molar-refractivity contribution in [1.29, 1.82) is 0 Å². The van der Waals surface area contributed by atoms with Crippen molar-refractivity contribution >= 4 is 5.91 Å². The van der Waals surface area contributed by atoms with Crippen LogP contribution in [0.15, 0.2) is 16.9 Å². The molecule has 0 bridgehead atoms. The number of carbonyl (C=O) groups excluding carboxylic acids is 1. The molecule has 1 aliphatic rings. The van der Waals surface area contributed by atoms with Crippen LogP contribution in [0.25, 0.3) is 0 Å². The molecule has 94 valence electrons. The fourth-order valence-electron chi connectivity index (χ4n) is 2.40. The SMILES string of the molecule is CC(N)C1CCCCN1C(=O)Cc1ccon1. The zero-order valence-corrected chi connectivity index (χ0v) is 10.1. The van der Waals surface area contributed by atoms with Crippen LogP contribution in [0.4, 0.5) is 0 Å². The molecule has 1 aliphatic heterocycles. The van der Waals surface area contributed by atoms with E-state index in [1.807, 2.05) is 11.8 Å². The number of rotatable bonds is 3. The molecule has 0 aromatic carbocycles. The lowest BCUT2D eigenvalue weighted by atomic mass is 9.96. The number of aromatic nitrogens is 1. The second-order valence-corrected chi connectivity index (χ2v) is 4.68. The summed E-state index contributed by atoms with van der Waals surface area (Å²) in [5, 5.41) is 3.77. The number of piperidine rings is 1. The van der Waals surface area contributed by atoms with Crippen LogP contribution in [0.2, 0.25) is 0 Å². The Labute approximate surface area is 101 Å². The number of amides is 1. The maximum Gasteiger partial charge on any atom is 0.229 e. The van der Waals surface area contributed by atoms with E-state index in [1.54, 1.807) is 6.07 Å². The van der Waals surface area contributed by atoms with E-state index < -0.39 is 0 Å². The topological polar surface area (TPSA) is 72.4 Å². The van der Waals surface area contributed by atoms with E-state index in [1.165, 1.54) is 6.26 Å². The van der Waals surface area contributed by atoms with Crippen LogP contribution < -0.4 is 5.73 Å². The van der Waals surface area contributed by atoms with Gasteiger partial charge in [0.25, 0.3) is 0 Å². The van der Waals surface area contributed by atoms with E-state index in [9.17, 15) is 4.79 Å². The van der Waals surface area contributed by atoms with E-state index in [-0.39, 0.29) is 18.0 Å². The van der Waals surface area contributed by atoms with Gasteiger partial charge >= 0.3 is 0 Å². The largest absolute Gasteiger partial charge is 0.364 e. The van der Waals surface area contributed by atoms with Gasteiger partial charge in [-0.05, 0) is 26.2 Å². The van der Waals surface area contributed by atoms with Crippen LogP contribution >= 0.6 is 0 Å². The van der Waals surface area contributed by atoms with Crippen LogP contribution in [0.1, 0.15) is 31.9 Å². The van der Waals surface area contributed by atoms with Gasteiger partial charge in [0.2, 0.25) is 5.91 Å². The lowest BCUT2D eigenvalue weighted by Gasteiger charge is -2.38. The first-order chi connectivity index (χ1) is 8.18. The van der Waals surface area contributed by atoms with Crippen LogP contribution in [0.5, 0.6) is 0 Å². The predicted molar refractivity (Wildman–Crippen MR) is 63.2 cm³/mol. The Hall–Kier alpha value is -1.36. The number of carbonyl (C=O) groups is 1. The second-order valence-electron chi connectivity index (χ2n) is 4.68. The van der Waals surface area contributed by atoms with E-state index in [4.69, 9.17) is 10.3 Å². The normalized spacial score (nSPS) is 22.5. The molecule has 5 heteroatoms. The molecule has 2 rings (SSSR count). The molecule has 1 amide bonds. The highest BCUT2D eigenvalue weighted by molar-refractivity contribution is 5.78. The monoisotopic (exact) mass is 237 g/mol. The summed E-state index contributed by atoms with van der Waals surface area (Å²) in [6.07, 6.45) is 5.01. The first kappa shape index (κ1) is 12.1. The van der Waals surface area contributed by atoms with Crippen molar-refractivity contribution in [3.8, 4) is 0 Å². The highest BCUT2D eigenvalue weighted by atomic mass is 16.5. The summed E-state index contributed by atoms with van der Waals surface area (Å²) < 4.78 is 4.73. The fraction of sp³-hybridized carbons (Fsp3) is 0.667. The molecule has 1 aromatic heterocycles. The lowest BCUT2D eigenvalue weighted by molar-refractivity contribution is -0.134. The van der Waals surface area contributed by atoms with Crippen molar-refractivity contribution in [2.24, 2.45) is 5.73 Å². The van der Waals surface area contributed by atoms with E-state index in [2.05, 4.69) is 5.16 Å². The maximum absolute atomic E-state index is 12.2. The summed E-state index contributed by atoms with van der Waals surface area (Å²) in [4.78, 5) is 14.1. The van der Waals surface area contributed by atoms with Gasteiger partial charge in [-0.2, -0.15) is 0 Å². The number of likely N-dealkylation sites (tertiary alicyclic amines) is 1. The average molecular weight is 237 g/mol. The molecule has 5 nitrogen and oxygen atoms in total. The molecule has 0 aliphatic carbocycles. The van der Waals surface area contributed by atoms with E-state index in [0.29, 0.717) is 12.1 Å². The van der Waals surface area contributed by atoms with Gasteiger partial charge in [-0.25, -0.2) is 0 Å². The number of hydrogen-bond donors (Lipinski definition) is 1. The van der Waals surface area contributed by atoms with Gasteiger partial charge in [0.15, 0.2) is 0 Å². The van der Waals surface area contributed by atoms with Gasteiger partial charge in [0.05, 0.1) is 12.1 Å². The Morgan fingerprint density at radius 3 is 3.18 bits per heavy atom. The first-order valence-electron chi connectivity index (χ1n) is 6.13. The Bertz CT molecular complexity index is 362. The Morgan fingerprint density at radius 2 is 2.53 bits per heavy atom. The molecular formula is C12H19N3O2. The summed E-state index contributed by atoms with van der Waals surface area (Å²) in [5.41, 5.74) is 6.62. The molecule has 1 aromatic rings. The van der Waals surface area contributed by atoms with Crippen molar-refractivity contribution in [3.63, 3.8) is 0 Å². The molecule has 2 unspecified atom stereocenters. The Balaban J connectivity index is 2.01. The minimum absolute atomic E-state index is 0.0246. The molecule has 2 N–H and O–H groups in total. The zero-order valence-electron chi connectivity index (χ0n) is 10.1. The zero-order chi connectivity index (χ0) is 12.3. The molecule has 0 radical (unpaired) electrons. The predicted octanol–water partition coefficient (Wildman–Crippen LogP) is 0.945. The van der Waals surface area contributed by atoms with Crippen molar-refractivity contribution < 1.29 is 9.32 Å². The van der Waals surface area contributed by atoms with Crippen LogP contribution in [-0.4, -0.2) is 34.6 Å². The van der Waals surface area contributed by atoms with Gasteiger partial charge in [-0.15, -0.1) is 0 Å². The fourth-order valence-corrected chi connectivity index (χ4v) is 2.40. The minimum Gasteiger partial charge on any atom is -0.364 e. The molecular weight excluding hydrogens is 218 g/mol. The molecule has 2 atom stereocenters. The molecule has 0 saturated carbocycles. The van der Waals surface area contributed by atoms with Gasteiger partial charge < -0.3 is 15.2 Å². The van der Waals surface area contributed by atoms with Crippen LogP contribution in [0, 0.1) is 0 Å². The van der Waals surface area contributed by atoms with Crippen molar-refractivity contribution in [2.75, 3.05) is 6.54 Å². The Morgan fingerprint density at radius 1 is 1.71 bits per heavy atom. The summed E-state index contributed by atoms with van der Waals surface area (Å²) >= 11 is 0. The molecule has 0 spiro atoms. The highest BCUT2D eigenvalue weighted by Gasteiger charge is 2.29. The molecule has 17 heavy (non-hydrogen) atoms. The third-order valence-electron chi connectivity index (χ3n) is 3.30. The standard InChI is InChI=1S/C12H19N3O2/c1-9(13)11-4-2-3-6-15(11)12(16)8-10-5-7-17-14-10/h5,7,9,11H,2-4,6,8,13H2,1H3. The van der Waals surface area contributed by atoms with Gasteiger partial charge in [0, 0.05) is 24.7 Å². The quantitative estimate of drug-likeness (QED) is 0.849.